The van der Waals surface area contributed by atoms with Crippen LogP contribution in [0.15, 0.2) is 84.9 Å². The lowest BCUT2D eigenvalue weighted by Gasteiger charge is -2.29. The van der Waals surface area contributed by atoms with Gasteiger partial charge in [0.1, 0.15) is 0 Å². The van der Waals surface area contributed by atoms with Gasteiger partial charge in [0.15, 0.2) is 6.61 Å². The molecule has 0 saturated heterocycles. The number of ether oxygens (including phenoxy) is 1. The fourth-order valence-corrected chi connectivity index (χ4v) is 3.03. The van der Waals surface area contributed by atoms with Crippen molar-refractivity contribution < 1.29 is 14.3 Å². The average Bonchev–Trinajstić information content (AvgIpc) is 2.74. The molecule has 5 heteroatoms. The SMILES string of the molecule is CC(C)N(c1ccccc1)c1ccc(NC(=O)COC(=O)c2ccccc2)cc1. The third-order valence-electron chi connectivity index (χ3n) is 4.32. The summed E-state index contributed by atoms with van der Waals surface area (Å²) in [5, 5.41) is 2.75. The van der Waals surface area contributed by atoms with Crippen molar-refractivity contribution >= 4 is 28.9 Å². The second-order valence-corrected chi connectivity index (χ2v) is 6.84. The van der Waals surface area contributed by atoms with E-state index in [1.165, 1.54) is 0 Å². The van der Waals surface area contributed by atoms with Crippen molar-refractivity contribution in [2.45, 2.75) is 19.9 Å². The monoisotopic (exact) mass is 388 g/mol. The summed E-state index contributed by atoms with van der Waals surface area (Å²) in [6.07, 6.45) is 0. The number of carbonyl (C=O) groups excluding carboxylic acids is 2. The van der Waals surface area contributed by atoms with Crippen molar-refractivity contribution in [2.24, 2.45) is 0 Å². The summed E-state index contributed by atoms with van der Waals surface area (Å²) < 4.78 is 5.05. The first kappa shape index (κ1) is 20.1. The molecule has 148 valence electrons. The predicted molar refractivity (Wildman–Crippen MR) is 116 cm³/mol. The fourth-order valence-electron chi connectivity index (χ4n) is 3.03. The molecule has 1 amide bonds. The van der Waals surface area contributed by atoms with Crippen LogP contribution in [0.1, 0.15) is 24.2 Å². The number of esters is 1. The minimum absolute atomic E-state index is 0.273. The van der Waals surface area contributed by atoms with Crippen molar-refractivity contribution in [1.82, 2.24) is 0 Å². The molecule has 0 aliphatic heterocycles. The summed E-state index contributed by atoms with van der Waals surface area (Å²) in [7, 11) is 0. The zero-order valence-corrected chi connectivity index (χ0v) is 16.5. The Balaban J connectivity index is 1.60. The normalized spacial score (nSPS) is 10.4. The summed E-state index contributed by atoms with van der Waals surface area (Å²) >= 11 is 0. The van der Waals surface area contributed by atoms with E-state index in [0.717, 1.165) is 11.4 Å². The highest BCUT2D eigenvalue weighted by molar-refractivity contribution is 5.95. The number of nitrogens with zero attached hydrogens (tertiary/aromatic N) is 1. The number of hydrogen-bond acceptors (Lipinski definition) is 4. The van der Waals surface area contributed by atoms with Crippen LogP contribution in [0, 0.1) is 0 Å². The van der Waals surface area contributed by atoms with E-state index in [1.807, 2.05) is 48.5 Å². The van der Waals surface area contributed by atoms with Crippen LogP contribution >= 0.6 is 0 Å². The van der Waals surface area contributed by atoms with Crippen LogP contribution in [0.25, 0.3) is 0 Å². The van der Waals surface area contributed by atoms with Crippen LogP contribution in [-0.2, 0) is 9.53 Å². The standard InChI is InChI=1S/C24H24N2O3/c1-18(2)26(21-11-7-4-8-12-21)22-15-13-20(14-16-22)25-23(27)17-29-24(28)19-9-5-3-6-10-19/h3-16,18H,17H2,1-2H3,(H,25,27). The van der Waals surface area contributed by atoms with Crippen LogP contribution in [0.3, 0.4) is 0 Å². The second-order valence-electron chi connectivity index (χ2n) is 6.84. The molecule has 0 saturated carbocycles. The van der Waals surface area contributed by atoms with Crippen LogP contribution < -0.4 is 10.2 Å². The maximum atomic E-state index is 12.1. The summed E-state index contributed by atoms with van der Waals surface area (Å²) in [6.45, 7) is 3.92. The Kier molecular flexibility index (Phi) is 6.63. The molecule has 0 aromatic heterocycles. The lowest BCUT2D eigenvalue weighted by molar-refractivity contribution is -0.119. The highest BCUT2D eigenvalue weighted by Crippen LogP contribution is 2.28. The first-order chi connectivity index (χ1) is 14.0. The fraction of sp³-hybridized carbons (Fsp3) is 0.167. The van der Waals surface area contributed by atoms with Gasteiger partial charge in [-0.05, 0) is 62.4 Å². The van der Waals surface area contributed by atoms with Gasteiger partial charge in [-0.1, -0.05) is 36.4 Å². The maximum Gasteiger partial charge on any atom is 0.338 e. The number of para-hydroxylation sites is 1. The molecule has 3 rings (SSSR count). The lowest BCUT2D eigenvalue weighted by Crippen LogP contribution is -2.25. The molecule has 0 radical (unpaired) electrons. The zero-order valence-electron chi connectivity index (χ0n) is 16.5. The topological polar surface area (TPSA) is 58.6 Å². The van der Waals surface area contributed by atoms with Gasteiger partial charge < -0.3 is 15.0 Å². The van der Waals surface area contributed by atoms with E-state index in [9.17, 15) is 9.59 Å². The summed E-state index contributed by atoms with van der Waals surface area (Å²) in [5.41, 5.74) is 3.19. The van der Waals surface area contributed by atoms with Crippen LogP contribution in [0.5, 0.6) is 0 Å². The van der Waals surface area contributed by atoms with E-state index in [0.29, 0.717) is 11.3 Å². The molecule has 0 unspecified atom stereocenters. The van der Waals surface area contributed by atoms with Crippen molar-refractivity contribution in [3.8, 4) is 0 Å². The first-order valence-corrected chi connectivity index (χ1v) is 9.51. The lowest BCUT2D eigenvalue weighted by atomic mass is 10.2. The molecule has 0 atom stereocenters. The number of rotatable bonds is 7. The molecule has 0 fully saturated rings. The molecule has 3 aromatic carbocycles. The van der Waals surface area contributed by atoms with Gasteiger partial charge in [-0.15, -0.1) is 0 Å². The second kappa shape index (κ2) is 9.55. The predicted octanol–water partition coefficient (Wildman–Crippen LogP) is 5.03. The van der Waals surface area contributed by atoms with E-state index in [1.54, 1.807) is 24.3 Å². The third kappa shape index (κ3) is 5.45. The summed E-state index contributed by atoms with van der Waals surface area (Å²) in [6, 6.07) is 26.6. The Morgan fingerprint density at radius 3 is 1.97 bits per heavy atom. The van der Waals surface area contributed by atoms with Crippen molar-refractivity contribution in [1.29, 1.82) is 0 Å². The van der Waals surface area contributed by atoms with Gasteiger partial charge in [0, 0.05) is 23.1 Å². The number of amides is 1. The van der Waals surface area contributed by atoms with Crippen LogP contribution in [0.4, 0.5) is 17.1 Å². The molecular weight excluding hydrogens is 364 g/mol. The van der Waals surface area contributed by atoms with Crippen LogP contribution in [-0.4, -0.2) is 24.5 Å². The minimum Gasteiger partial charge on any atom is -0.452 e. The Morgan fingerprint density at radius 2 is 1.38 bits per heavy atom. The number of nitrogens with one attached hydrogen (secondary N) is 1. The number of anilines is 3. The first-order valence-electron chi connectivity index (χ1n) is 9.51. The van der Waals surface area contributed by atoms with E-state index >= 15 is 0 Å². The highest BCUT2D eigenvalue weighted by atomic mass is 16.5. The van der Waals surface area contributed by atoms with Crippen LogP contribution in [0.2, 0.25) is 0 Å². The van der Waals surface area contributed by atoms with Gasteiger partial charge in [0.05, 0.1) is 5.56 Å². The van der Waals surface area contributed by atoms with E-state index in [4.69, 9.17) is 4.74 Å². The average molecular weight is 388 g/mol. The van der Waals surface area contributed by atoms with E-state index < -0.39 is 5.97 Å². The van der Waals surface area contributed by atoms with Crippen molar-refractivity contribution in [3.63, 3.8) is 0 Å². The number of carbonyl (C=O) groups is 2. The van der Waals surface area contributed by atoms with Gasteiger partial charge in [-0.3, -0.25) is 4.79 Å². The Labute approximate surface area is 170 Å². The molecular formula is C24H24N2O3. The van der Waals surface area contributed by atoms with Gasteiger partial charge in [-0.2, -0.15) is 0 Å². The molecule has 1 N–H and O–H groups in total. The number of hydrogen-bond donors (Lipinski definition) is 1. The molecule has 0 spiro atoms. The van der Waals surface area contributed by atoms with Gasteiger partial charge in [-0.25, -0.2) is 4.79 Å². The Bertz CT molecular complexity index is 939. The Morgan fingerprint density at radius 1 is 0.828 bits per heavy atom. The molecule has 3 aromatic rings. The smallest absolute Gasteiger partial charge is 0.338 e. The third-order valence-corrected chi connectivity index (χ3v) is 4.32. The van der Waals surface area contributed by atoms with E-state index in [-0.39, 0.29) is 18.6 Å². The zero-order chi connectivity index (χ0) is 20.6. The largest absolute Gasteiger partial charge is 0.452 e. The molecule has 29 heavy (non-hydrogen) atoms. The van der Waals surface area contributed by atoms with Crippen molar-refractivity contribution in [2.75, 3.05) is 16.8 Å². The van der Waals surface area contributed by atoms with Crippen molar-refractivity contribution in [3.05, 3.63) is 90.5 Å². The molecule has 0 heterocycles. The maximum absolute atomic E-state index is 12.1. The molecule has 0 aliphatic carbocycles. The summed E-state index contributed by atoms with van der Waals surface area (Å²) in [4.78, 5) is 26.2. The van der Waals surface area contributed by atoms with E-state index in [2.05, 4.69) is 36.2 Å². The van der Waals surface area contributed by atoms with Gasteiger partial charge >= 0.3 is 5.97 Å². The molecule has 0 bridgehead atoms. The van der Waals surface area contributed by atoms with Gasteiger partial charge in [0.25, 0.3) is 5.91 Å². The highest BCUT2D eigenvalue weighted by Gasteiger charge is 2.13. The number of benzene rings is 3. The quantitative estimate of drug-likeness (QED) is 0.577. The Hall–Kier alpha value is -3.60. The minimum atomic E-state index is -0.522. The molecule has 5 nitrogen and oxygen atoms in total. The summed E-state index contributed by atoms with van der Waals surface area (Å²) in [5.74, 6) is -0.905. The molecule has 0 aliphatic rings. The van der Waals surface area contributed by atoms with Gasteiger partial charge in [0.2, 0.25) is 0 Å².